The first-order valence-electron chi connectivity index (χ1n) is 12.3. The summed E-state index contributed by atoms with van der Waals surface area (Å²) in [4.78, 5) is 0. The van der Waals surface area contributed by atoms with Crippen molar-refractivity contribution in [1.29, 1.82) is 0 Å². The molecule has 4 aromatic rings. The largest absolute Gasteiger partial charge is 0.0648 e. The van der Waals surface area contributed by atoms with Crippen LogP contribution < -0.4 is 0 Å². The Morgan fingerprint density at radius 3 is 1.88 bits per heavy atom. The summed E-state index contributed by atoms with van der Waals surface area (Å²) in [5.41, 5.74) is 10.1. The number of rotatable bonds is 5. The molecule has 168 valence electrons. The van der Waals surface area contributed by atoms with Crippen molar-refractivity contribution in [1.82, 2.24) is 0 Å². The molecule has 0 heterocycles. The molecule has 1 heteroatoms. The van der Waals surface area contributed by atoms with Crippen LogP contribution in [0.2, 0.25) is 0 Å². The molecule has 0 bridgehead atoms. The predicted molar refractivity (Wildman–Crippen MR) is 146 cm³/mol. The van der Waals surface area contributed by atoms with Crippen LogP contribution in [-0.4, -0.2) is 0 Å². The number of fused-ring (bicyclic) bond motifs is 4. The average Bonchev–Trinajstić information content (AvgIpc) is 3.05. The van der Waals surface area contributed by atoms with Gasteiger partial charge in [-0.25, -0.2) is 0 Å². The minimum atomic E-state index is 0.0259. The lowest BCUT2D eigenvalue weighted by Gasteiger charge is -2.24. The average molecular weight is 498 g/mol. The second-order valence-corrected chi connectivity index (χ2v) is 11.2. The highest BCUT2D eigenvalue weighted by Gasteiger charge is 2.36. The molecule has 0 fully saturated rings. The van der Waals surface area contributed by atoms with Gasteiger partial charge in [0.15, 0.2) is 0 Å². The molecule has 0 N–H and O–H groups in total. The minimum absolute atomic E-state index is 0.0259. The van der Waals surface area contributed by atoms with Crippen LogP contribution in [0.25, 0.3) is 21.9 Å². The Labute approximate surface area is 207 Å². The van der Waals surface area contributed by atoms with Gasteiger partial charge in [0.2, 0.25) is 0 Å². The summed E-state index contributed by atoms with van der Waals surface area (Å²) in [7, 11) is 0. The molecule has 0 aromatic heterocycles. The first-order chi connectivity index (χ1) is 15.8. The highest BCUT2D eigenvalue weighted by Crippen LogP contribution is 2.50. The Morgan fingerprint density at radius 1 is 0.667 bits per heavy atom. The first-order valence-corrected chi connectivity index (χ1v) is 13.1. The topological polar surface area (TPSA) is 0 Å². The molecule has 1 aliphatic carbocycles. The van der Waals surface area contributed by atoms with Gasteiger partial charge < -0.3 is 0 Å². The fraction of sp³-hybridized carbons (Fsp3) is 0.312. The molecule has 2 unspecified atom stereocenters. The van der Waals surface area contributed by atoms with E-state index in [0.29, 0.717) is 11.8 Å². The quantitative estimate of drug-likeness (QED) is 0.257. The van der Waals surface area contributed by atoms with E-state index in [9.17, 15) is 0 Å². The highest BCUT2D eigenvalue weighted by molar-refractivity contribution is 9.10. The Kier molecular flexibility index (Phi) is 5.73. The molecule has 2 atom stereocenters. The smallest absolute Gasteiger partial charge is 0.0181 e. The molecule has 0 saturated heterocycles. The lowest BCUT2D eigenvalue weighted by Crippen LogP contribution is -2.16. The van der Waals surface area contributed by atoms with Gasteiger partial charge >= 0.3 is 0 Å². The maximum absolute atomic E-state index is 3.60. The van der Waals surface area contributed by atoms with Gasteiger partial charge in [-0.2, -0.15) is 0 Å². The lowest BCUT2D eigenvalue weighted by molar-refractivity contribution is 0.651. The lowest BCUT2D eigenvalue weighted by atomic mass is 9.79. The Balaban J connectivity index is 1.57. The van der Waals surface area contributed by atoms with E-state index in [1.165, 1.54) is 56.1 Å². The molecule has 0 nitrogen and oxygen atoms in total. The van der Waals surface area contributed by atoms with Crippen molar-refractivity contribution in [3.05, 3.63) is 105 Å². The van der Waals surface area contributed by atoms with Crippen LogP contribution in [0.3, 0.4) is 0 Å². The summed E-state index contributed by atoms with van der Waals surface area (Å²) in [5, 5.41) is 2.59. The molecule has 1 aliphatic rings. The summed E-state index contributed by atoms with van der Waals surface area (Å²) >= 11 is 3.60. The zero-order chi connectivity index (χ0) is 23.3. The Bertz CT molecular complexity index is 1340. The third-order valence-electron chi connectivity index (χ3n) is 7.94. The molecular weight excluding hydrogens is 464 g/mol. The van der Waals surface area contributed by atoms with E-state index >= 15 is 0 Å². The fourth-order valence-electron chi connectivity index (χ4n) is 5.65. The van der Waals surface area contributed by atoms with Crippen molar-refractivity contribution in [2.24, 2.45) is 0 Å². The number of benzene rings is 4. The van der Waals surface area contributed by atoms with Gasteiger partial charge in [0, 0.05) is 15.8 Å². The monoisotopic (exact) mass is 496 g/mol. The zero-order valence-electron chi connectivity index (χ0n) is 20.4. The maximum atomic E-state index is 3.60. The summed E-state index contributed by atoms with van der Waals surface area (Å²) in [5.74, 6) is 1.00. The van der Waals surface area contributed by atoms with Crippen molar-refractivity contribution in [3.8, 4) is 11.1 Å². The predicted octanol–water partition coefficient (Wildman–Crippen LogP) is 9.96. The van der Waals surface area contributed by atoms with Crippen LogP contribution in [-0.2, 0) is 5.41 Å². The van der Waals surface area contributed by atoms with Gasteiger partial charge in [-0.15, -0.1) is 0 Å². The van der Waals surface area contributed by atoms with Gasteiger partial charge in [0.05, 0.1) is 0 Å². The van der Waals surface area contributed by atoms with Gasteiger partial charge in [-0.05, 0) is 80.6 Å². The molecule has 0 radical (unpaired) electrons. The van der Waals surface area contributed by atoms with Gasteiger partial charge in [0.25, 0.3) is 0 Å². The normalized spacial score (nSPS) is 15.8. The van der Waals surface area contributed by atoms with E-state index in [1.807, 2.05) is 0 Å². The molecular formula is C32H33Br. The molecule has 4 aromatic carbocycles. The Hall–Kier alpha value is -2.38. The van der Waals surface area contributed by atoms with Crippen LogP contribution in [0, 0.1) is 0 Å². The molecule has 0 saturated carbocycles. The maximum Gasteiger partial charge on any atom is 0.0181 e. The molecule has 0 amide bonds. The third kappa shape index (κ3) is 3.75. The summed E-state index contributed by atoms with van der Waals surface area (Å²) in [6.45, 7) is 11.7. The van der Waals surface area contributed by atoms with E-state index in [2.05, 4.69) is 123 Å². The number of halogens is 1. The summed E-state index contributed by atoms with van der Waals surface area (Å²) in [6.07, 6.45) is 2.27. The van der Waals surface area contributed by atoms with Crippen LogP contribution in [0.15, 0.2) is 77.3 Å². The van der Waals surface area contributed by atoms with E-state index in [0.717, 1.165) is 10.9 Å². The van der Waals surface area contributed by atoms with Crippen molar-refractivity contribution in [2.75, 3.05) is 0 Å². The van der Waals surface area contributed by atoms with Crippen LogP contribution in [0.4, 0.5) is 0 Å². The molecule has 0 aliphatic heterocycles. The van der Waals surface area contributed by atoms with Crippen LogP contribution >= 0.6 is 15.9 Å². The van der Waals surface area contributed by atoms with Gasteiger partial charge in [0.1, 0.15) is 0 Å². The fourth-order valence-corrected chi connectivity index (χ4v) is 6.03. The van der Waals surface area contributed by atoms with Gasteiger partial charge in [-0.1, -0.05) is 111 Å². The van der Waals surface area contributed by atoms with Crippen molar-refractivity contribution in [3.63, 3.8) is 0 Å². The molecule has 5 rings (SSSR count). The molecule has 33 heavy (non-hydrogen) atoms. The van der Waals surface area contributed by atoms with E-state index in [-0.39, 0.29) is 5.41 Å². The summed E-state index contributed by atoms with van der Waals surface area (Å²) in [6, 6.07) is 27.9. The first kappa shape index (κ1) is 22.4. The number of hydrogen-bond donors (Lipinski definition) is 0. The van der Waals surface area contributed by atoms with Crippen molar-refractivity contribution < 1.29 is 0 Å². The van der Waals surface area contributed by atoms with Crippen LogP contribution in [0.1, 0.15) is 87.1 Å². The number of hydrogen-bond acceptors (Lipinski definition) is 0. The second-order valence-electron chi connectivity index (χ2n) is 10.3. The minimum Gasteiger partial charge on any atom is -0.0648 e. The SMILES string of the molecule is CCC(C)c1ccc2c(c1)C(C)(C)c1cc(C(CC)c3ccc4cc(Br)ccc4c3)ccc1-2. The van der Waals surface area contributed by atoms with E-state index in [4.69, 9.17) is 0 Å². The Morgan fingerprint density at radius 2 is 1.21 bits per heavy atom. The van der Waals surface area contributed by atoms with E-state index < -0.39 is 0 Å². The third-order valence-corrected chi connectivity index (χ3v) is 8.44. The van der Waals surface area contributed by atoms with Crippen molar-refractivity contribution in [2.45, 2.75) is 64.7 Å². The van der Waals surface area contributed by atoms with Gasteiger partial charge in [-0.3, -0.25) is 0 Å². The standard InChI is InChI=1S/C32H33Br/c1-6-20(3)21-11-14-28-29-15-12-25(19-31(29)32(4,5)30(28)18-21)27(7-2)24-9-8-23-17-26(33)13-10-22(23)16-24/h8-20,27H,6-7H2,1-5H3. The van der Waals surface area contributed by atoms with Crippen LogP contribution in [0.5, 0.6) is 0 Å². The van der Waals surface area contributed by atoms with E-state index in [1.54, 1.807) is 0 Å². The molecule has 0 spiro atoms. The second kappa shape index (κ2) is 8.44. The summed E-state index contributed by atoms with van der Waals surface area (Å²) < 4.78 is 1.13. The highest BCUT2D eigenvalue weighted by atomic mass is 79.9. The zero-order valence-corrected chi connectivity index (χ0v) is 22.0. The van der Waals surface area contributed by atoms with Crippen molar-refractivity contribution >= 4 is 26.7 Å².